The highest BCUT2D eigenvalue weighted by Crippen LogP contribution is 2.38. The molecule has 6 nitrogen and oxygen atoms in total. The summed E-state index contributed by atoms with van der Waals surface area (Å²) in [6, 6.07) is -0.379. The number of hydroxylamine groups is 5. The van der Waals surface area contributed by atoms with Crippen LogP contribution in [-0.4, -0.2) is 60.0 Å². The number of piperidine rings is 1. The fourth-order valence-corrected chi connectivity index (χ4v) is 3.00. The van der Waals surface area contributed by atoms with Gasteiger partial charge in [0, 0.05) is 0 Å². The quantitative estimate of drug-likeness (QED) is 0.418. The van der Waals surface area contributed by atoms with Crippen LogP contribution < -0.4 is 0 Å². The largest absolute Gasteiger partial charge is 0.313 e. The lowest BCUT2D eigenvalue weighted by atomic mass is 9.77. The maximum absolute atomic E-state index is 10.2. The zero-order valence-electron chi connectivity index (χ0n) is 10.2. The number of hydrogen-bond donors (Lipinski definition) is 3. The lowest BCUT2D eigenvalue weighted by molar-refractivity contribution is -0.783. The molecule has 2 rings (SSSR count). The van der Waals surface area contributed by atoms with Crippen molar-refractivity contribution in [2.24, 2.45) is 0 Å². The molecule has 3 N–H and O–H groups in total. The average Bonchev–Trinajstić information content (AvgIpc) is 2.38. The topological polar surface area (TPSA) is 70.2 Å². The second-order valence-electron chi connectivity index (χ2n) is 5.83. The summed E-state index contributed by atoms with van der Waals surface area (Å²) >= 11 is 0. The van der Waals surface area contributed by atoms with Crippen LogP contribution in [0.1, 0.15) is 34.1 Å². The summed E-state index contributed by atoms with van der Waals surface area (Å²) in [5, 5.41) is 32.1. The van der Waals surface area contributed by atoms with Gasteiger partial charge in [-0.05, 0) is 32.4 Å². The number of rotatable bonds is 0. The summed E-state index contributed by atoms with van der Waals surface area (Å²) in [5.41, 5.74) is -0.354. The molecule has 16 heavy (non-hydrogen) atoms. The van der Waals surface area contributed by atoms with E-state index in [1.165, 1.54) is 5.06 Å². The maximum Gasteiger partial charge on any atom is 0.269 e. The van der Waals surface area contributed by atoms with Gasteiger partial charge in [0.15, 0.2) is 0 Å². The summed E-state index contributed by atoms with van der Waals surface area (Å²) in [4.78, 5) is 0. The minimum absolute atomic E-state index is 0.0628. The Labute approximate surface area is 94.9 Å². The second-order valence-corrected chi connectivity index (χ2v) is 5.83. The number of fused-ring (bicyclic) bond motifs is 1. The average molecular weight is 230 g/mol. The van der Waals surface area contributed by atoms with Crippen molar-refractivity contribution in [2.75, 3.05) is 6.67 Å². The second kappa shape index (κ2) is 3.16. The van der Waals surface area contributed by atoms with Crippen LogP contribution in [0.4, 0.5) is 0 Å². The Hall–Kier alpha value is -0.690. The molecule has 0 radical (unpaired) electrons. The molecule has 0 spiro atoms. The Morgan fingerprint density at radius 2 is 1.81 bits per heavy atom. The fraction of sp³-hybridized carbons (Fsp3) is 0.900. The molecule has 0 saturated carbocycles. The minimum Gasteiger partial charge on any atom is -0.313 e. The van der Waals surface area contributed by atoms with Crippen LogP contribution in [0.3, 0.4) is 0 Å². The van der Waals surface area contributed by atoms with Crippen molar-refractivity contribution in [3.63, 3.8) is 0 Å². The third kappa shape index (κ3) is 1.37. The first-order chi connectivity index (χ1) is 7.18. The summed E-state index contributed by atoms with van der Waals surface area (Å²) in [6.45, 7) is 7.58. The van der Waals surface area contributed by atoms with Crippen molar-refractivity contribution in [2.45, 2.75) is 51.2 Å². The molecule has 0 amide bonds. The molecule has 0 aromatic rings. The van der Waals surface area contributed by atoms with Crippen LogP contribution in [-0.2, 0) is 0 Å². The van der Waals surface area contributed by atoms with Gasteiger partial charge in [0.25, 0.3) is 6.67 Å². The van der Waals surface area contributed by atoms with Crippen molar-refractivity contribution < 1.29 is 20.4 Å². The van der Waals surface area contributed by atoms with E-state index in [2.05, 4.69) is 0 Å². The summed E-state index contributed by atoms with van der Waals surface area (Å²) in [7, 11) is 0. The molecule has 2 aliphatic heterocycles. The van der Waals surface area contributed by atoms with Gasteiger partial charge in [0.05, 0.1) is 17.5 Å². The number of nitrogens with zero attached hydrogens (tertiary/aromatic N) is 3. The Bertz CT molecular complexity index is 351. The molecule has 0 bridgehead atoms. The first-order valence-corrected chi connectivity index (χ1v) is 5.45. The predicted molar refractivity (Wildman–Crippen MR) is 55.7 cm³/mol. The van der Waals surface area contributed by atoms with Gasteiger partial charge >= 0.3 is 0 Å². The van der Waals surface area contributed by atoms with E-state index in [9.17, 15) is 15.6 Å². The van der Waals surface area contributed by atoms with E-state index in [4.69, 9.17) is 0 Å². The van der Waals surface area contributed by atoms with E-state index < -0.39 is 11.1 Å². The summed E-state index contributed by atoms with van der Waals surface area (Å²) in [5.74, 6) is 0. The van der Waals surface area contributed by atoms with Crippen molar-refractivity contribution in [1.29, 1.82) is 0 Å². The zero-order valence-corrected chi connectivity index (χ0v) is 10.2. The standard InChI is InChI=1S/C10H20N3O3/c1-9(2)5-7-8(10(3,4)13(9)16)12(15)6-11(7)14/h8,14-16H,5-6H2,1-4H3/q+1. The SMILES string of the molecule is CC1(C)CC2=[N+](O)CN(O)C2C(C)(C)N1O. The Kier molecular flexibility index (Phi) is 2.33. The highest BCUT2D eigenvalue weighted by molar-refractivity contribution is 5.89. The molecule has 0 aliphatic carbocycles. The molecular weight excluding hydrogens is 210 g/mol. The van der Waals surface area contributed by atoms with Crippen molar-refractivity contribution in [1.82, 2.24) is 10.1 Å². The van der Waals surface area contributed by atoms with Gasteiger partial charge in [-0.15, -0.1) is 5.06 Å². The highest BCUT2D eigenvalue weighted by atomic mass is 16.5. The lowest BCUT2D eigenvalue weighted by Crippen LogP contribution is -2.68. The van der Waals surface area contributed by atoms with Crippen LogP contribution in [0.5, 0.6) is 0 Å². The molecule has 1 saturated heterocycles. The summed E-state index contributed by atoms with van der Waals surface area (Å²) in [6.07, 6.45) is 0.519. The normalized spacial score (nSPS) is 34.2. The van der Waals surface area contributed by atoms with Crippen LogP contribution >= 0.6 is 0 Å². The smallest absolute Gasteiger partial charge is 0.269 e. The van der Waals surface area contributed by atoms with E-state index in [-0.39, 0.29) is 12.7 Å². The van der Waals surface area contributed by atoms with Crippen LogP contribution in [0, 0.1) is 0 Å². The zero-order chi connectivity index (χ0) is 12.3. The monoisotopic (exact) mass is 230 g/mol. The van der Waals surface area contributed by atoms with Gasteiger partial charge < -0.3 is 10.4 Å². The first kappa shape index (κ1) is 11.8. The van der Waals surface area contributed by atoms with E-state index in [0.29, 0.717) is 6.42 Å². The van der Waals surface area contributed by atoms with Crippen LogP contribution in [0.25, 0.3) is 0 Å². The molecule has 92 valence electrons. The molecule has 1 fully saturated rings. The predicted octanol–water partition coefficient (Wildman–Crippen LogP) is 0.512. The number of hydrogen-bond acceptors (Lipinski definition) is 5. The van der Waals surface area contributed by atoms with Gasteiger partial charge in [0.2, 0.25) is 5.71 Å². The third-order valence-corrected chi connectivity index (χ3v) is 3.63. The van der Waals surface area contributed by atoms with Crippen molar-refractivity contribution in [3.8, 4) is 0 Å². The van der Waals surface area contributed by atoms with Gasteiger partial charge in [-0.1, -0.05) is 0 Å². The molecule has 0 aromatic carbocycles. The Morgan fingerprint density at radius 3 is 2.38 bits per heavy atom. The van der Waals surface area contributed by atoms with Crippen molar-refractivity contribution >= 4 is 5.71 Å². The Morgan fingerprint density at radius 1 is 1.25 bits per heavy atom. The third-order valence-electron chi connectivity index (χ3n) is 3.63. The van der Waals surface area contributed by atoms with E-state index >= 15 is 0 Å². The van der Waals surface area contributed by atoms with Gasteiger partial charge in [-0.3, -0.25) is 5.21 Å². The molecule has 2 heterocycles. The van der Waals surface area contributed by atoms with Crippen molar-refractivity contribution in [3.05, 3.63) is 0 Å². The lowest BCUT2D eigenvalue weighted by Gasteiger charge is -2.50. The Balaban J connectivity index is 2.47. The molecule has 2 aliphatic rings. The van der Waals surface area contributed by atoms with Gasteiger partial charge in [0.1, 0.15) is 6.04 Å². The minimum atomic E-state index is -0.649. The van der Waals surface area contributed by atoms with Gasteiger partial charge in [-0.2, -0.15) is 5.06 Å². The highest BCUT2D eigenvalue weighted by Gasteiger charge is 2.59. The molecular formula is C10H20N3O3+. The van der Waals surface area contributed by atoms with E-state index in [0.717, 1.165) is 15.5 Å². The fourth-order valence-electron chi connectivity index (χ4n) is 3.00. The van der Waals surface area contributed by atoms with Gasteiger partial charge in [-0.25, -0.2) is 0 Å². The summed E-state index contributed by atoms with van der Waals surface area (Å²) < 4.78 is 1.07. The molecule has 1 atom stereocenters. The molecule has 1 unspecified atom stereocenters. The van der Waals surface area contributed by atoms with E-state index in [1.54, 1.807) is 0 Å². The van der Waals surface area contributed by atoms with Crippen LogP contribution in [0.15, 0.2) is 0 Å². The van der Waals surface area contributed by atoms with Crippen LogP contribution in [0.2, 0.25) is 0 Å². The molecule has 0 aromatic heterocycles. The van der Waals surface area contributed by atoms with E-state index in [1.807, 2.05) is 27.7 Å². The maximum atomic E-state index is 10.2. The first-order valence-electron chi connectivity index (χ1n) is 5.45. The molecule has 6 heteroatoms.